The van der Waals surface area contributed by atoms with E-state index in [9.17, 15) is 13.9 Å². The predicted octanol–water partition coefficient (Wildman–Crippen LogP) is 0.269. The fourth-order valence-corrected chi connectivity index (χ4v) is 2.43. The molecule has 0 aromatic carbocycles. The van der Waals surface area contributed by atoms with Gasteiger partial charge in [-0.05, 0) is 0 Å². The normalized spacial score (nSPS) is 25.0. The minimum absolute atomic E-state index is 0.272. The number of imidazole rings is 1. The summed E-state index contributed by atoms with van der Waals surface area (Å²) < 4.78 is 32.9. The number of aliphatic hydroxyl groups is 2. The Bertz CT molecular complexity index is 731. The van der Waals surface area contributed by atoms with Crippen LogP contribution in [0.5, 0.6) is 0 Å². The molecule has 0 saturated carbocycles. The highest BCUT2D eigenvalue weighted by Crippen LogP contribution is 2.38. The molecule has 2 aromatic rings. The van der Waals surface area contributed by atoms with E-state index in [0.717, 1.165) is 0 Å². The predicted molar refractivity (Wildman–Crippen MR) is 71.1 cm³/mol. The van der Waals surface area contributed by atoms with Crippen molar-refractivity contribution in [1.29, 1.82) is 0 Å². The summed E-state index contributed by atoms with van der Waals surface area (Å²) in [5, 5.41) is 21.8. The molecular weight excluding hydrogens is 300 g/mol. The lowest BCUT2D eigenvalue weighted by atomic mass is 10.1. The van der Waals surface area contributed by atoms with Crippen LogP contribution >= 0.6 is 0 Å². The second kappa shape index (κ2) is 5.55. The van der Waals surface area contributed by atoms with E-state index in [0.29, 0.717) is 11.3 Å². The number of anilines is 1. The smallest absolute Gasteiger partial charge is 0.276 e. The van der Waals surface area contributed by atoms with Crippen LogP contribution in [0.15, 0.2) is 24.3 Å². The van der Waals surface area contributed by atoms with Gasteiger partial charge in [0.2, 0.25) is 0 Å². The van der Waals surface area contributed by atoms with Crippen molar-refractivity contribution < 1.29 is 23.7 Å². The number of fused-ring (bicyclic) bond motifs is 1. The number of halogens is 2. The minimum atomic E-state index is -2.06. The Labute approximate surface area is 123 Å². The Hall–Kier alpha value is -2.17. The Morgan fingerprint density at radius 1 is 1.41 bits per heavy atom. The summed E-state index contributed by atoms with van der Waals surface area (Å²) >= 11 is 0. The average molecular weight is 313 g/mol. The molecular formula is C12H13F2N5O3. The number of rotatable bonds is 3. The number of aromatic nitrogens is 4. The molecule has 0 radical (unpaired) electrons. The summed E-state index contributed by atoms with van der Waals surface area (Å²) in [6, 6.07) is 0. The molecule has 118 valence electrons. The number of ether oxygens (including phenoxy) is 1. The number of aliphatic hydroxyl groups excluding tert-OH is 2. The topological polar surface area (TPSA) is 105 Å². The third-order valence-corrected chi connectivity index (χ3v) is 3.49. The van der Waals surface area contributed by atoms with E-state index >= 15 is 0 Å². The van der Waals surface area contributed by atoms with Crippen molar-refractivity contribution in [3.63, 3.8) is 0 Å². The summed E-state index contributed by atoms with van der Waals surface area (Å²) in [5.41, 5.74) is 0.0472. The molecule has 0 bridgehead atoms. The lowest BCUT2D eigenvalue weighted by Crippen LogP contribution is -2.25. The lowest BCUT2D eigenvalue weighted by molar-refractivity contribution is -0.0423. The first kappa shape index (κ1) is 14.8. The van der Waals surface area contributed by atoms with Crippen LogP contribution in [0.25, 0.3) is 11.2 Å². The molecule has 10 heteroatoms. The van der Waals surface area contributed by atoms with Gasteiger partial charge in [0, 0.05) is 7.05 Å². The first-order chi connectivity index (χ1) is 10.6. The Morgan fingerprint density at radius 3 is 2.82 bits per heavy atom. The van der Waals surface area contributed by atoms with Gasteiger partial charge in [-0.25, -0.2) is 15.0 Å². The van der Waals surface area contributed by atoms with Gasteiger partial charge < -0.3 is 20.3 Å². The van der Waals surface area contributed by atoms with Crippen molar-refractivity contribution in [2.75, 3.05) is 19.0 Å². The van der Waals surface area contributed by atoms with Crippen LogP contribution in [0.3, 0.4) is 0 Å². The molecule has 3 rings (SSSR count). The summed E-state index contributed by atoms with van der Waals surface area (Å²) in [7, 11) is 1.64. The SMILES string of the molecule is CNc1ncnc2c1ncn2[C@@H]1O[C@H](CO)C(O)C1=C(F)F. The molecule has 1 unspecified atom stereocenters. The van der Waals surface area contributed by atoms with E-state index in [1.165, 1.54) is 17.2 Å². The molecule has 0 spiro atoms. The fourth-order valence-electron chi connectivity index (χ4n) is 2.43. The van der Waals surface area contributed by atoms with Gasteiger partial charge in [-0.2, -0.15) is 8.78 Å². The second-order valence-electron chi connectivity index (χ2n) is 4.67. The largest absolute Gasteiger partial charge is 0.394 e. The Kier molecular flexibility index (Phi) is 3.72. The van der Waals surface area contributed by atoms with E-state index < -0.39 is 36.7 Å². The van der Waals surface area contributed by atoms with E-state index in [1.807, 2.05) is 0 Å². The number of nitrogens with zero attached hydrogens (tertiary/aromatic N) is 4. The fraction of sp³-hybridized carbons (Fsp3) is 0.417. The molecule has 0 amide bonds. The van der Waals surface area contributed by atoms with Crippen LogP contribution in [0, 0.1) is 0 Å². The molecule has 3 N–H and O–H groups in total. The van der Waals surface area contributed by atoms with Crippen molar-refractivity contribution >= 4 is 17.0 Å². The van der Waals surface area contributed by atoms with Crippen LogP contribution in [0.4, 0.5) is 14.6 Å². The van der Waals surface area contributed by atoms with Gasteiger partial charge in [-0.15, -0.1) is 0 Å². The van der Waals surface area contributed by atoms with Crippen molar-refractivity contribution in [3.05, 3.63) is 24.3 Å². The lowest BCUT2D eigenvalue weighted by Gasteiger charge is -2.14. The van der Waals surface area contributed by atoms with E-state index in [4.69, 9.17) is 9.84 Å². The standard InChI is InChI=1S/C12H13F2N5O3/c1-15-10-7-11(17-3-16-10)19(4-18-7)12-6(9(13)14)8(21)5(2-20)22-12/h3-5,8,12,20-21H,2H2,1H3,(H,15,16,17)/t5-,8?,12-/m1/s1. The zero-order valence-corrected chi connectivity index (χ0v) is 11.4. The molecule has 1 fully saturated rings. The number of nitrogens with one attached hydrogen (secondary N) is 1. The van der Waals surface area contributed by atoms with Gasteiger partial charge in [0.1, 0.15) is 18.5 Å². The number of hydrogen-bond donors (Lipinski definition) is 3. The maximum absolute atomic E-state index is 13.2. The highest BCUT2D eigenvalue weighted by atomic mass is 19.3. The zero-order chi connectivity index (χ0) is 15.9. The maximum Gasteiger partial charge on any atom is 0.276 e. The minimum Gasteiger partial charge on any atom is -0.394 e. The van der Waals surface area contributed by atoms with Gasteiger partial charge in [0.05, 0.1) is 18.5 Å². The molecule has 1 aliphatic heterocycles. The van der Waals surface area contributed by atoms with Gasteiger partial charge in [-0.1, -0.05) is 0 Å². The van der Waals surface area contributed by atoms with Crippen molar-refractivity contribution in [3.8, 4) is 0 Å². The maximum atomic E-state index is 13.2. The third-order valence-electron chi connectivity index (χ3n) is 3.49. The molecule has 2 aromatic heterocycles. The van der Waals surface area contributed by atoms with E-state index in [1.54, 1.807) is 7.05 Å². The van der Waals surface area contributed by atoms with Crippen molar-refractivity contribution in [2.45, 2.75) is 18.4 Å². The highest BCUT2D eigenvalue weighted by molar-refractivity contribution is 5.82. The molecule has 3 heterocycles. The number of hydrogen-bond acceptors (Lipinski definition) is 7. The Balaban J connectivity index is 2.13. The second-order valence-corrected chi connectivity index (χ2v) is 4.67. The third kappa shape index (κ3) is 2.12. The van der Waals surface area contributed by atoms with Crippen molar-refractivity contribution in [2.24, 2.45) is 0 Å². The first-order valence-corrected chi connectivity index (χ1v) is 6.43. The summed E-state index contributed by atoms with van der Waals surface area (Å²) in [4.78, 5) is 12.1. The quantitative estimate of drug-likeness (QED) is 0.747. The van der Waals surface area contributed by atoms with Crippen LogP contribution < -0.4 is 5.32 Å². The monoisotopic (exact) mass is 313 g/mol. The van der Waals surface area contributed by atoms with Gasteiger partial charge >= 0.3 is 0 Å². The zero-order valence-electron chi connectivity index (χ0n) is 11.4. The van der Waals surface area contributed by atoms with Gasteiger partial charge in [0.25, 0.3) is 6.08 Å². The van der Waals surface area contributed by atoms with Gasteiger partial charge in [0.15, 0.2) is 23.2 Å². The average Bonchev–Trinajstić information content (AvgIpc) is 3.07. The van der Waals surface area contributed by atoms with Crippen LogP contribution in [0.1, 0.15) is 6.23 Å². The molecule has 3 atom stereocenters. The molecule has 22 heavy (non-hydrogen) atoms. The summed E-state index contributed by atoms with van der Waals surface area (Å²) in [5.74, 6) is 0.437. The Morgan fingerprint density at radius 2 is 2.18 bits per heavy atom. The molecule has 1 saturated heterocycles. The van der Waals surface area contributed by atoms with E-state index in [2.05, 4.69) is 20.3 Å². The first-order valence-electron chi connectivity index (χ1n) is 6.43. The summed E-state index contributed by atoms with van der Waals surface area (Å²) in [6.45, 7) is -0.585. The summed E-state index contributed by atoms with van der Waals surface area (Å²) in [6.07, 6.45) is -3.54. The van der Waals surface area contributed by atoms with Crippen molar-refractivity contribution in [1.82, 2.24) is 19.5 Å². The van der Waals surface area contributed by atoms with Crippen LogP contribution in [-0.2, 0) is 4.74 Å². The molecule has 0 aliphatic carbocycles. The van der Waals surface area contributed by atoms with Crippen LogP contribution in [0.2, 0.25) is 0 Å². The highest BCUT2D eigenvalue weighted by Gasteiger charge is 2.43. The molecule has 8 nitrogen and oxygen atoms in total. The van der Waals surface area contributed by atoms with Gasteiger partial charge in [-0.3, -0.25) is 4.57 Å². The molecule has 1 aliphatic rings. The van der Waals surface area contributed by atoms with E-state index in [-0.39, 0.29) is 5.65 Å². The van der Waals surface area contributed by atoms with Crippen LogP contribution in [-0.4, -0.2) is 55.6 Å².